The average Bonchev–Trinajstić information content (AvgIpc) is 3.08. The van der Waals surface area contributed by atoms with Crippen LogP contribution >= 0.6 is 11.6 Å². The highest BCUT2D eigenvalue weighted by atomic mass is 35.5. The van der Waals surface area contributed by atoms with Crippen LogP contribution in [-0.4, -0.2) is 16.0 Å². The third-order valence-electron chi connectivity index (χ3n) is 3.61. The molecule has 2 aromatic carbocycles. The molecule has 0 atom stereocenters. The van der Waals surface area contributed by atoms with Gasteiger partial charge in [0.25, 0.3) is 0 Å². The molecule has 1 amide bonds. The second-order valence-corrected chi connectivity index (χ2v) is 5.94. The molecule has 0 fully saturated rings. The first kappa shape index (κ1) is 18.0. The van der Waals surface area contributed by atoms with E-state index in [0.29, 0.717) is 11.1 Å². The Labute approximate surface area is 153 Å². The van der Waals surface area contributed by atoms with E-state index in [1.165, 1.54) is 30.3 Å². The van der Waals surface area contributed by atoms with Crippen LogP contribution in [0, 0.1) is 11.6 Å². The van der Waals surface area contributed by atoms with Gasteiger partial charge in [-0.1, -0.05) is 35.0 Å². The maximum absolute atomic E-state index is 13.2. The molecule has 0 aliphatic heterocycles. The Kier molecular flexibility index (Phi) is 5.58. The lowest BCUT2D eigenvalue weighted by Crippen LogP contribution is -2.23. The molecule has 0 spiro atoms. The quantitative estimate of drug-likeness (QED) is 0.707. The number of nitrogens with zero attached hydrogens (tertiary/aromatic N) is 2. The van der Waals surface area contributed by atoms with Gasteiger partial charge < -0.3 is 9.84 Å². The van der Waals surface area contributed by atoms with Crippen LogP contribution in [0.4, 0.5) is 8.78 Å². The highest BCUT2D eigenvalue weighted by Crippen LogP contribution is 2.18. The molecule has 0 bridgehead atoms. The summed E-state index contributed by atoms with van der Waals surface area (Å²) >= 11 is 5.91. The molecule has 0 saturated heterocycles. The van der Waals surface area contributed by atoms with Crippen LogP contribution in [0.15, 0.2) is 47.0 Å². The molecule has 3 rings (SSSR count). The van der Waals surface area contributed by atoms with Crippen LogP contribution < -0.4 is 5.32 Å². The van der Waals surface area contributed by atoms with E-state index in [2.05, 4.69) is 15.5 Å². The Morgan fingerprint density at radius 1 is 1.15 bits per heavy atom. The normalized spacial score (nSPS) is 10.7. The van der Waals surface area contributed by atoms with E-state index in [1.807, 2.05) is 0 Å². The van der Waals surface area contributed by atoms with Crippen molar-refractivity contribution in [2.45, 2.75) is 19.4 Å². The Morgan fingerprint density at radius 2 is 1.96 bits per heavy atom. The highest BCUT2D eigenvalue weighted by Gasteiger charge is 2.11. The van der Waals surface area contributed by atoms with Crippen molar-refractivity contribution in [2.75, 3.05) is 0 Å². The molecule has 5 nitrogen and oxygen atoms in total. The number of carbonyl (C=O) groups is 1. The summed E-state index contributed by atoms with van der Waals surface area (Å²) in [4.78, 5) is 16.1. The lowest BCUT2D eigenvalue weighted by molar-refractivity contribution is -0.121. The number of rotatable bonds is 6. The number of nitrogens with one attached hydrogen (secondary N) is 1. The Morgan fingerprint density at radius 3 is 2.73 bits per heavy atom. The Bertz CT molecular complexity index is 930. The summed E-state index contributed by atoms with van der Waals surface area (Å²) in [7, 11) is 0. The van der Waals surface area contributed by atoms with Gasteiger partial charge in [0.1, 0.15) is 11.6 Å². The minimum atomic E-state index is -0.435. The fourth-order valence-electron chi connectivity index (χ4n) is 2.27. The topological polar surface area (TPSA) is 68.0 Å². The monoisotopic (exact) mass is 377 g/mol. The van der Waals surface area contributed by atoms with E-state index < -0.39 is 11.6 Å². The predicted octanol–water partition coefficient (Wildman–Crippen LogP) is 3.92. The molecule has 0 aliphatic rings. The van der Waals surface area contributed by atoms with Gasteiger partial charge >= 0.3 is 0 Å². The summed E-state index contributed by atoms with van der Waals surface area (Å²) in [6.45, 7) is 0.191. The second kappa shape index (κ2) is 8.05. The van der Waals surface area contributed by atoms with E-state index >= 15 is 0 Å². The smallest absolute Gasteiger partial charge is 0.227 e. The third kappa shape index (κ3) is 4.64. The fourth-order valence-corrected chi connectivity index (χ4v) is 2.50. The van der Waals surface area contributed by atoms with Gasteiger partial charge in [-0.3, -0.25) is 4.79 Å². The van der Waals surface area contributed by atoms with E-state index in [1.54, 1.807) is 12.1 Å². The van der Waals surface area contributed by atoms with Crippen molar-refractivity contribution in [3.63, 3.8) is 0 Å². The first-order chi connectivity index (χ1) is 12.5. The maximum Gasteiger partial charge on any atom is 0.227 e. The number of hydrogen-bond acceptors (Lipinski definition) is 4. The van der Waals surface area contributed by atoms with Gasteiger partial charge in [0.15, 0.2) is 0 Å². The number of halogens is 3. The van der Waals surface area contributed by atoms with Crippen LogP contribution in [0.5, 0.6) is 0 Å². The van der Waals surface area contributed by atoms with E-state index in [-0.39, 0.29) is 42.0 Å². The molecular formula is C18H14ClF2N3O2. The largest absolute Gasteiger partial charge is 0.352 e. The number of aryl methyl sites for hydroxylation is 1. The second-order valence-electron chi connectivity index (χ2n) is 5.53. The van der Waals surface area contributed by atoms with Gasteiger partial charge in [-0.2, -0.15) is 4.98 Å². The lowest BCUT2D eigenvalue weighted by Gasteiger charge is -2.06. The maximum atomic E-state index is 13.2. The summed E-state index contributed by atoms with van der Waals surface area (Å²) in [5.41, 5.74) is 1.11. The van der Waals surface area contributed by atoms with Crippen LogP contribution in [0.3, 0.4) is 0 Å². The van der Waals surface area contributed by atoms with Gasteiger partial charge in [0.05, 0.1) is 0 Å². The molecule has 8 heteroatoms. The first-order valence-electron chi connectivity index (χ1n) is 7.80. The minimum absolute atomic E-state index is 0.129. The number of amides is 1. The minimum Gasteiger partial charge on any atom is -0.352 e. The van der Waals surface area contributed by atoms with Gasteiger partial charge in [-0.05, 0) is 29.8 Å². The summed E-state index contributed by atoms with van der Waals surface area (Å²) in [6.07, 6.45) is 0.370. The number of benzene rings is 2. The Balaban J connectivity index is 1.52. The van der Waals surface area contributed by atoms with E-state index in [0.717, 1.165) is 0 Å². The standard InChI is InChI=1S/C18H14ClF2N3O2/c19-15-9-14(21)5-4-12(15)10-22-16(25)6-7-17-23-18(24-26-17)11-2-1-3-13(20)8-11/h1-5,8-9H,6-7,10H2,(H,22,25). The zero-order valence-electron chi connectivity index (χ0n) is 13.5. The number of aromatic nitrogens is 2. The molecule has 1 N–H and O–H groups in total. The molecule has 3 aromatic rings. The van der Waals surface area contributed by atoms with Crippen molar-refractivity contribution in [3.8, 4) is 11.4 Å². The first-order valence-corrected chi connectivity index (χ1v) is 8.18. The van der Waals surface area contributed by atoms with Crippen LogP contribution in [-0.2, 0) is 17.8 Å². The van der Waals surface area contributed by atoms with Gasteiger partial charge in [0.2, 0.25) is 17.6 Å². The molecule has 134 valence electrons. The van der Waals surface area contributed by atoms with Gasteiger partial charge in [-0.25, -0.2) is 8.78 Å². The van der Waals surface area contributed by atoms with Gasteiger partial charge in [-0.15, -0.1) is 0 Å². The van der Waals surface area contributed by atoms with Crippen molar-refractivity contribution in [3.05, 3.63) is 70.6 Å². The highest BCUT2D eigenvalue weighted by molar-refractivity contribution is 6.31. The molecule has 1 aromatic heterocycles. The van der Waals surface area contributed by atoms with Crippen molar-refractivity contribution >= 4 is 17.5 Å². The van der Waals surface area contributed by atoms with E-state index in [9.17, 15) is 13.6 Å². The van der Waals surface area contributed by atoms with Crippen molar-refractivity contribution in [2.24, 2.45) is 0 Å². The van der Waals surface area contributed by atoms with Crippen molar-refractivity contribution in [1.29, 1.82) is 0 Å². The summed E-state index contributed by atoms with van der Waals surface area (Å²) in [5.74, 6) is -0.531. The SMILES string of the molecule is O=C(CCc1nc(-c2cccc(F)c2)no1)NCc1ccc(F)cc1Cl. The molecular weight excluding hydrogens is 364 g/mol. The lowest BCUT2D eigenvalue weighted by atomic mass is 10.2. The third-order valence-corrected chi connectivity index (χ3v) is 3.96. The zero-order valence-corrected chi connectivity index (χ0v) is 14.3. The summed E-state index contributed by atoms with van der Waals surface area (Å²) in [6, 6.07) is 9.82. The number of carbonyl (C=O) groups excluding carboxylic acids is 1. The van der Waals surface area contributed by atoms with Crippen molar-refractivity contribution in [1.82, 2.24) is 15.5 Å². The number of hydrogen-bond donors (Lipinski definition) is 1. The van der Waals surface area contributed by atoms with E-state index in [4.69, 9.17) is 16.1 Å². The average molecular weight is 378 g/mol. The van der Waals surface area contributed by atoms with Gasteiger partial charge in [0, 0.05) is 30.0 Å². The molecule has 26 heavy (non-hydrogen) atoms. The molecule has 0 unspecified atom stereocenters. The van der Waals surface area contributed by atoms with Crippen molar-refractivity contribution < 1.29 is 18.1 Å². The summed E-state index contributed by atoms with van der Waals surface area (Å²) < 4.78 is 31.3. The molecule has 0 saturated carbocycles. The van der Waals surface area contributed by atoms with Crippen LogP contribution in [0.2, 0.25) is 5.02 Å². The molecule has 0 aliphatic carbocycles. The fraction of sp³-hybridized carbons (Fsp3) is 0.167. The predicted molar refractivity (Wildman–Crippen MR) is 91.3 cm³/mol. The summed E-state index contributed by atoms with van der Waals surface area (Å²) in [5, 5.41) is 6.72. The van der Waals surface area contributed by atoms with Crippen LogP contribution in [0.25, 0.3) is 11.4 Å². The molecule has 0 radical (unpaired) electrons. The molecule has 1 heterocycles. The Hall–Kier alpha value is -2.80. The zero-order chi connectivity index (χ0) is 18.5. The van der Waals surface area contributed by atoms with Crippen LogP contribution in [0.1, 0.15) is 17.9 Å².